The lowest BCUT2D eigenvalue weighted by molar-refractivity contribution is -0.125. The normalized spacial score (nSPS) is 14.0. The van der Waals surface area contributed by atoms with Gasteiger partial charge in [0.05, 0.1) is 17.1 Å². The number of benzene rings is 1. The van der Waals surface area contributed by atoms with Gasteiger partial charge in [0.2, 0.25) is 5.91 Å². The summed E-state index contributed by atoms with van der Waals surface area (Å²) in [5, 5.41) is 2.94. The van der Waals surface area contributed by atoms with E-state index in [0.717, 1.165) is 29.8 Å². The number of amides is 1. The topological polar surface area (TPSA) is 56.2 Å². The van der Waals surface area contributed by atoms with Crippen LogP contribution in [0.4, 0.5) is 0 Å². The van der Waals surface area contributed by atoms with Gasteiger partial charge in [-0.3, -0.25) is 4.79 Å². The number of aromatic nitrogens is 2. The van der Waals surface area contributed by atoms with Gasteiger partial charge in [0.25, 0.3) is 0 Å². The molecule has 0 aliphatic carbocycles. The van der Waals surface area contributed by atoms with Crippen LogP contribution in [-0.2, 0) is 16.1 Å². The Bertz CT molecular complexity index is 636. The number of para-hydroxylation sites is 2. The van der Waals surface area contributed by atoms with Gasteiger partial charge >= 0.3 is 0 Å². The SMILES string of the molecule is CCC(C)Cn1c(C(C)NC(=O)COC)nc2ccccc21. The number of nitrogens with one attached hydrogen (secondary N) is 1. The summed E-state index contributed by atoms with van der Waals surface area (Å²) in [5.74, 6) is 1.32. The molecule has 1 amide bonds. The van der Waals surface area contributed by atoms with Crippen molar-refractivity contribution in [1.82, 2.24) is 14.9 Å². The van der Waals surface area contributed by atoms with Crippen molar-refractivity contribution in [3.63, 3.8) is 0 Å². The molecule has 2 aromatic rings. The largest absolute Gasteiger partial charge is 0.375 e. The fourth-order valence-electron chi connectivity index (χ4n) is 2.54. The lowest BCUT2D eigenvalue weighted by Crippen LogP contribution is -2.31. The Morgan fingerprint density at radius 2 is 2.09 bits per heavy atom. The molecular formula is C17H25N3O2. The van der Waals surface area contributed by atoms with Gasteiger partial charge in [-0.2, -0.15) is 0 Å². The summed E-state index contributed by atoms with van der Waals surface area (Å²) < 4.78 is 7.10. The van der Waals surface area contributed by atoms with Gasteiger partial charge in [0.1, 0.15) is 12.4 Å². The Morgan fingerprint density at radius 1 is 1.36 bits per heavy atom. The van der Waals surface area contributed by atoms with Crippen LogP contribution in [0.15, 0.2) is 24.3 Å². The number of hydrogen-bond acceptors (Lipinski definition) is 3. The molecule has 1 aromatic carbocycles. The first-order valence-corrected chi connectivity index (χ1v) is 7.80. The Morgan fingerprint density at radius 3 is 2.77 bits per heavy atom. The Kier molecular flexibility index (Phi) is 5.55. The summed E-state index contributed by atoms with van der Waals surface area (Å²) >= 11 is 0. The van der Waals surface area contributed by atoms with Gasteiger partial charge in [0, 0.05) is 13.7 Å². The molecule has 5 heteroatoms. The third kappa shape index (κ3) is 3.65. The molecule has 1 aromatic heterocycles. The maximum absolute atomic E-state index is 11.8. The summed E-state index contributed by atoms with van der Waals surface area (Å²) in [6, 6.07) is 7.95. The van der Waals surface area contributed by atoms with Crippen LogP contribution in [0.1, 0.15) is 39.1 Å². The van der Waals surface area contributed by atoms with Crippen molar-refractivity contribution in [2.75, 3.05) is 13.7 Å². The molecule has 0 aliphatic rings. The minimum absolute atomic E-state index is 0.0654. The summed E-state index contributed by atoms with van der Waals surface area (Å²) in [5.41, 5.74) is 2.08. The molecule has 1 heterocycles. The van der Waals surface area contributed by atoms with Gasteiger partial charge < -0.3 is 14.6 Å². The molecule has 0 aliphatic heterocycles. The third-order valence-electron chi connectivity index (χ3n) is 3.92. The monoisotopic (exact) mass is 303 g/mol. The summed E-state index contributed by atoms with van der Waals surface area (Å²) in [4.78, 5) is 16.5. The van der Waals surface area contributed by atoms with E-state index in [1.165, 1.54) is 7.11 Å². The van der Waals surface area contributed by atoms with Crippen LogP contribution in [0, 0.1) is 5.92 Å². The first-order valence-electron chi connectivity index (χ1n) is 7.80. The van der Waals surface area contributed by atoms with Crippen LogP contribution in [-0.4, -0.2) is 29.2 Å². The quantitative estimate of drug-likeness (QED) is 0.855. The first-order chi connectivity index (χ1) is 10.6. The molecule has 2 rings (SSSR count). The van der Waals surface area contributed by atoms with E-state index in [-0.39, 0.29) is 18.6 Å². The third-order valence-corrected chi connectivity index (χ3v) is 3.92. The van der Waals surface area contributed by atoms with Gasteiger partial charge in [-0.1, -0.05) is 32.4 Å². The highest BCUT2D eigenvalue weighted by Gasteiger charge is 2.19. The minimum Gasteiger partial charge on any atom is -0.375 e. The molecule has 0 bridgehead atoms. The fraction of sp³-hybridized carbons (Fsp3) is 0.529. The van der Waals surface area contributed by atoms with Crippen LogP contribution in [0.2, 0.25) is 0 Å². The standard InChI is InChI=1S/C17H25N3O2/c1-5-12(2)10-20-15-9-7-6-8-14(15)19-17(20)13(3)18-16(21)11-22-4/h6-9,12-13H,5,10-11H2,1-4H3,(H,18,21). The molecular weight excluding hydrogens is 278 g/mol. The van der Waals surface area contributed by atoms with E-state index >= 15 is 0 Å². The van der Waals surface area contributed by atoms with Crippen molar-refractivity contribution < 1.29 is 9.53 Å². The van der Waals surface area contributed by atoms with Crippen LogP contribution >= 0.6 is 0 Å². The number of carbonyl (C=O) groups is 1. The van der Waals surface area contributed by atoms with Gasteiger partial charge in [-0.05, 0) is 25.0 Å². The van der Waals surface area contributed by atoms with Crippen LogP contribution in [0.5, 0.6) is 0 Å². The van der Waals surface area contributed by atoms with E-state index < -0.39 is 0 Å². The molecule has 0 fully saturated rings. The Hall–Kier alpha value is -1.88. The maximum Gasteiger partial charge on any atom is 0.246 e. The van der Waals surface area contributed by atoms with E-state index in [4.69, 9.17) is 9.72 Å². The smallest absolute Gasteiger partial charge is 0.246 e. The van der Waals surface area contributed by atoms with Gasteiger partial charge in [-0.15, -0.1) is 0 Å². The number of ether oxygens (including phenoxy) is 1. The second-order valence-corrected chi connectivity index (χ2v) is 5.80. The van der Waals surface area contributed by atoms with Crippen molar-refractivity contribution >= 4 is 16.9 Å². The van der Waals surface area contributed by atoms with Crippen molar-refractivity contribution in [2.24, 2.45) is 5.92 Å². The highest BCUT2D eigenvalue weighted by molar-refractivity contribution is 5.78. The van der Waals surface area contributed by atoms with E-state index in [1.54, 1.807) is 0 Å². The van der Waals surface area contributed by atoms with E-state index in [1.807, 2.05) is 25.1 Å². The average molecular weight is 303 g/mol. The molecule has 2 atom stereocenters. The number of imidazole rings is 1. The van der Waals surface area contributed by atoms with Gasteiger partial charge in [-0.25, -0.2) is 4.98 Å². The van der Waals surface area contributed by atoms with Gasteiger partial charge in [0.15, 0.2) is 0 Å². The molecule has 2 unspecified atom stereocenters. The fourth-order valence-corrected chi connectivity index (χ4v) is 2.54. The zero-order chi connectivity index (χ0) is 16.1. The molecule has 0 radical (unpaired) electrons. The molecule has 5 nitrogen and oxygen atoms in total. The van der Waals surface area contributed by atoms with Crippen molar-refractivity contribution in [3.8, 4) is 0 Å². The molecule has 120 valence electrons. The van der Waals surface area contributed by atoms with Crippen LogP contribution in [0.25, 0.3) is 11.0 Å². The summed E-state index contributed by atoms with van der Waals surface area (Å²) in [7, 11) is 1.52. The molecule has 22 heavy (non-hydrogen) atoms. The molecule has 0 saturated carbocycles. The Balaban J connectivity index is 2.34. The summed E-state index contributed by atoms with van der Waals surface area (Å²) in [6.07, 6.45) is 1.11. The molecule has 0 spiro atoms. The number of hydrogen-bond donors (Lipinski definition) is 1. The zero-order valence-electron chi connectivity index (χ0n) is 13.8. The highest BCUT2D eigenvalue weighted by Crippen LogP contribution is 2.22. The predicted octanol–water partition coefficient (Wildman–Crippen LogP) is 2.91. The molecule has 1 N–H and O–H groups in total. The maximum atomic E-state index is 11.8. The van der Waals surface area contributed by atoms with Crippen molar-refractivity contribution in [1.29, 1.82) is 0 Å². The van der Waals surface area contributed by atoms with E-state index in [2.05, 4.69) is 29.8 Å². The lowest BCUT2D eigenvalue weighted by atomic mass is 10.1. The zero-order valence-corrected chi connectivity index (χ0v) is 13.8. The van der Waals surface area contributed by atoms with E-state index in [0.29, 0.717) is 5.92 Å². The number of rotatable bonds is 7. The first kappa shape index (κ1) is 16.5. The lowest BCUT2D eigenvalue weighted by Gasteiger charge is -2.18. The minimum atomic E-state index is -0.154. The second kappa shape index (κ2) is 7.40. The van der Waals surface area contributed by atoms with Crippen LogP contribution < -0.4 is 5.32 Å². The van der Waals surface area contributed by atoms with Crippen molar-refractivity contribution in [3.05, 3.63) is 30.1 Å². The highest BCUT2D eigenvalue weighted by atomic mass is 16.5. The van der Waals surface area contributed by atoms with Crippen molar-refractivity contribution in [2.45, 2.75) is 39.8 Å². The Labute approximate surface area is 131 Å². The van der Waals surface area contributed by atoms with Crippen LogP contribution in [0.3, 0.4) is 0 Å². The second-order valence-electron chi connectivity index (χ2n) is 5.80. The molecule has 0 saturated heterocycles. The summed E-state index contributed by atoms with van der Waals surface area (Å²) in [6.45, 7) is 7.34. The number of fused-ring (bicyclic) bond motifs is 1. The van der Waals surface area contributed by atoms with E-state index in [9.17, 15) is 4.79 Å². The number of methoxy groups -OCH3 is 1. The number of carbonyl (C=O) groups excluding carboxylic acids is 1. The number of nitrogens with zero attached hydrogens (tertiary/aromatic N) is 2. The average Bonchev–Trinajstić information content (AvgIpc) is 2.86. The predicted molar refractivity (Wildman–Crippen MR) is 87.6 cm³/mol.